The van der Waals surface area contributed by atoms with Gasteiger partial charge in [0.1, 0.15) is 18.2 Å². The summed E-state index contributed by atoms with van der Waals surface area (Å²) in [6.07, 6.45) is 1.43. The first kappa shape index (κ1) is 25.5. The smallest absolute Gasteiger partial charge is 0.295 e. The summed E-state index contributed by atoms with van der Waals surface area (Å²) < 4.78 is 30.8. The van der Waals surface area contributed by atoms with Crippen molar-refractivity contribution in [1.82, 2.24) is 4.90 Å². The highest BCUT2D eigenvalue weighted by atomic mass is 19.1. The molecule has 5 rings (SSSR count). The third kappa shape index (κ3) is 5.13. The van der Waals surface area contributed by atoms with Gasteiger partial charge in [-0.3, -0.25) is 9.59 Å². The monoisotopic (exact) mass is 517 g/mol. The molecule has 2 heterocycles. The first-order chi connectivity index (χ1) is 18.5. The molecule has 38 heavy (non-hydrogen) atoms. The Bertz CT molecular complexity index is 1350. The summed E-state index contributed by atoms with van der Waals surface area (Å²) >= 11 is 0. The Morgan fingerprint density at radius 1 is 1.05 bits per heavy atom. The fourth-order valence-corrected chi connectivity index (χ4v) is 4.89. The molecule has 0 aromatic heterocycles. The van der Waals surface area contributed by atoms with E-state index in [1.165, 1.54) is 36.3 Å². The first-order valence-electron chi connectivity index (χ1n) is 12.5. The number of carbonyl (C=O) groups excluding carboxylic acids is 2. The van der Waals surface area contributed by atoms with E-state index in [9.17, 15) is 19.1 Å². The highest BCUT2D eigenvalue weighted by molar-refractivity contribution is 6.46. The minimum absolute atomic E-state index is 0.0698. The second-order valence-electron chi connectivity index (χ2n) is 9.28. The van der Waals surface area contributed by atoms with Gasteiger partial charge in [-0.1, -0.05) is 36.4 Å². The number of hydrogen-bond donors (Lipinski definition) is 1. The van der Waals surface area contributed by atoms with Crippen molar-refractivity contribution in [3.05, 3.63) is 101 Å². The molecule has 1 amide bonds. The van der Waals surface area contributed by atoms with Crippen LogP contribution in [-0.4, -0.2) is 48.1 Å². The highest BCUT2D eigenvalue weighted by Crippen LogP contribution is 2.42. The number of ketones is 1. The van der Waals surface area contributed by atoms with E-state index in [4.69, 9.17) is 14.2 Å². The molecule has 2 aliphatic rings. The van der Waals surface area contributed by atoms with Crippen LogP contribution in [0.2, 0.25) is 0 Å². The van der Waals surface area contributed by atoms with Crippen molar-refractivity contribution in [2.75, 3.05) is 20.3 Å². The number of benzene rings is 3. The van der Waals surface area contributed by atoms with E-state index in [2.05, 4.69) is 0 Å². The lowest BCUT2D eigenvalue weighted by Crippen LogP contribution is -2.36. The topological polar surface area (TPSA) is 85.3 Å². The average Bonchev–Trinajstić information content (AvgIpc) is 3.55. The normalized spacial score (nSPS) is 20.6. The summed E-state index contributed by atoms with van der Waals surface area (Å²) in [5.41, 5.74) is 1.72. The van der Waals surface area contributed by atoms with Crippen molar-refractivity contribution in [1.29, 1.82) is 0 Å². The fourth-order valence-electron chi connectivity index (χ4n) is 4.89. The Morgan fingerprint density at radius 3 is 2.50 bits per heavy atom. The van der Waals surface area contributed by atoms with Gasteiger partial charge in [-0.25, -0.2) is 4.39 Å². The average molecular weight is 518 g/mol. The SMILES string of the molecule is COc1cc(C2C(=C(O)c3ccc(F)cc3)C(=O)C(=O)N2CC2CCCO2)ccc1OCc1ccccc1. The van der Waals surface area contributed by atoms with Crippen molar-refractivity contribution >= 4 is 17.4 Å². The number of aliphatic hydroxyl groups is 1. The van der Waals surface area contributed by atoms with Crippen LogP contribution in [0, 0.1) is 5.82 Å². The number of hydrogen-bond acceptors (Lipinski definition) is 6. The molecular weight excluding hydrogens is 489 g/mol. The summed E-state index contributed by atoms with van der Waals surface area (Å²) in [5.74, 6) is -1.47. The second kappa shape index (κ2) is 11.1. The van der Waals surface area contributed by atoms with Gasteiger partial charge in [0.05, 0.1) is 24.8 Å². The molecule has 2 atom stereocenters. The Hall–Kier alpha value is -4.17. The lowest BCUT2D eigenvalue weighted by Gasteiger charge is -2.28. The zero-order valence-corrected chi connectivity index (χ0v) is 20.9. The zero-order chi connectivity index (χ0) is 26.6. The third-order valence-electron chi connectivity index (χ3n) is 6.82. The van der Waals surface area contributed by atoms with Gasteiger partial charge in [-0.05, 0) is 60.4 Å². The van der Waals surface area contributed by atoms with Crippen molar-refractivity contribution in [2.45, 2.75) is 31.6 Å². The molecule has 1 N–H and O–H groups in total. The number of methoxy groups -OCH3 is 1. The second-order valence-corrected chi connectivity index (χ2v) is 9.28. The molecule has 8 heteroatoms. The molecule has 2 unspecified atom stereocenters. The number of amides is 1. The molecule has 2 fully saturated rings. The molecule has 0 spiro atoms. The van der Waals surface area contributed by atoms with Crippen LogP contribution in [0.25, 0.3) is 5.76 Å². The maximum Gasteiger partial charge on any atom is 0.295 e. The minimum Gasteiger partial charge on any atom is -0.507 e. The predicted octanol–water partition coefficient (Wildman–Crippen LogP) is 5.01. The van der Waals surface area contributed by atoms with E-state index in [0.29, 0.717) is 30.3 Å². The quantitative estimate of drug-likeness (QED) is 0.257. The van der Waals surface area contributed by atoms with E-state index < -0.39 is 23.5 Å². The van der Waals surface area contributed by atoms with E-state index in [1.807, 2.05) is 30.3 Å². The molecule has 0 aliphatic carbocycles. The van der Waals surface area contributed by atoms with Crippen molar-refractivity contribution in [3.63, 3.8) is 0 Å². The van der Waals surface area contributed by atoms with E-state index in [1.54, 1.807) is 18.2 Å². The molecule has 3 aromatic carbocycles. The van der Waals surface area contributed by atoms with E-state index in [0.717, 1.165) is 18.4 Å². The summed E-state index contributed by atoms with van der Waals surface area (Å²) in [7, 11) is 1.51. The van der Waals surface area contributed by atoms with Gasteiger partial charge in [0.15, 0.2) is 11.5 Å². The number of ether oxygens (including phenoxy) is 3. The van der Waals surface area contributed by atoms with Crippen LogP contribution in [0.15, 0.2) is 78.4 Å². The Morgan fingerprint density at radius 2 is 1.82 bits per heavy atom. The molecular formula is C30H28FNO6. The minimum atomic E-state index is -0.888. The van der Waals surface area contributed by atoms with Crippen molar-refractivity contribution in [3.8, 4) is 11.5 Å². The number of Topliss-reactive ketones (excluding diaryl/α,β-unsaturated/α-hetero) is 1. The van der Waals surface area contributed by atoms with Crippen LogP contribution in [0.5, 0.6) is 11.5 Å². The van der Waals surface area contributed by atoms with Gasteiger partial charge in [-0.15, -0.1) is 0 Å². The Kier molecular flexibility index (Phi) is 7.42. The fraction of sp³-hybridized carbons (Fsp3) is 0.267. The summed E-state index contributed by atoms with van der Waals surface area (Å²) in [6, 6.07) is 19.1. The zero-order valence-electron chi connectivity index (χ0n) is 20.9. The van der Waals surface area contributed by atoms with Crippen LogP contribution < -0.4 is 9.47 Å². The number of likely N-dealkylation sites (tertiary alicyclic amines) is 1. The van der Waals surface area contributed by atoms with Gasteiger partial charge in [0.25, 0.3) is 11.7 Å². The molecule has 0 bridgehead atoms. The van der Waals surface area contributed by atoms with Gasteiger partial charge in [0, 0.05) is 18.7 Å². The molecule has 196 valence electrons. The lowest BCUT2D eigenvalue weighted by atomic mass is 9.94. The van der Waals surface area contributed by atoms with Crippen LogP contribution in [0.4, 0.5) is 4.39 Å². The van der Waals surface area contributed by atoms with Crippen LogP contribution >= 0.6 is 0 Å². The number of rotatable bonds is 8. The summed E-state index contributed by atoms with van der Waals surface area (Å²) in [5, 5.41) is 11.2. The largest absolute Gasteiger partial charge is 0.507 e. The molecule has 2 saturated heterocycles. The maximum atomic E-state index is 13.5. The summed E-state index contributed by atoms with van der Waals surface area (Å²) in [4.78, 5) is 27.9. The first-order valence-corrected chi connectivity index (χ1v) is 12.5. The van der Waals surface area contributed by atoms with Gasteiger partial charge >= 0.3 is 0 Å². The number of carbonyl (C=O) groups is 2. The van der Waals surface area contributed by atoms with Crippen LogP contribution in [0.1, 0.15) is 35.6 Å². The molecule has 0 radical (unpaired) electrons. The predicted molar refractivity (Wildman–Crippen MR) is 138 cm³/mol. The standard InChI is InChI=1S/C30H28FNO6/c1-36-25-16-21(11-14-24(25)38-18-19-6-3-2-4-7-19)27-26(28(33)20-9-12-22(31)13-10-20)29(34)30(35)32(27)17-23-8-5-15-37-23/h2-4,6-7,9-14,16,23,27,33H,5,8,15,17-18H2,1H3. The maximum absolute atomic E-state index is 13.5. The van der Waals surface area contributed by atoms with Crippen LogP contribution in [0.3, 0.4) is 0 Å². The molecule has 3 aromatic rings. The van der Waals surface area contributed by atoms with Crippen molar-refractivity contribution in [2.24, 2.45) is 0 Å². The van der Waals surface area contributed by atoms with Crippen LogP contribution in [-0.2, 0) is 20.9 Å². The molecule has 2 aliphatic heterocycles. The van der Waals surface area contributed by atoms with Crippen molar-refractivity contribution < 1.29 is 33.3 Å². The lowest BCUT2D eigenvalue weighted by molar-refractivity contribution is -0.140. The summed E-state index contributed by atoms with van der Waals surface area (Å²) in [6.45, 7) is 1.12. The molecule has 0 saturated carbocycles. The number of halogens is 1. The molecule has 7 nitrogen and oxygen atoms in total. The van der Waals surface area contributed by atoms with Gasteiger partial charge < -0.3 is 24.2 Å². The van der Waals surface area contributed by atoms with Gasteiger partial charge in [-0.2, -0.15) is 0 Å². The van der Waals surface area contributed by atoms with E-state index >= 15 is 0 Å². The third-order valence-corrected chi connectivity index (χ3v) is 6.82. The number of aliphatic hydroxyl groups excluding tert-OH is 1. The van der Waals surface area contributed by atoms with E-state index in [-0.39, 0.29) is 29.5 Å². The highest BCUT2D eigenvalue weighted by Gasteiger charge is 2.47. The Balaban J connectivity index is 1.54. The van der Waals surface area contributed by atoms with Gasteiger partial charge in [0.2, 0.25) is 0 Å². The number of nitrogens with zero attached hydrogens (tertiary/aromatic N) is 1. The Labute approximate surface area is 220 Å².